The number of methoxy groups -OCH3 is 1. The Morgan fingerprint density at radius 2 is 2.29 bits per heavy atom. The molecule has 0 heterocycles. The molecule has 92 valence electrons. The van der Waals surface area contributed by atoms with E-state index in [2.05, 4.69) is 5.32 Å². The third kappa shape index (κ3) is 4.16. The number of hydrogen-bond donors (Lipinski definition) is 3. The van der Waals surface area contributed by atoms with Crippen LogP contribution in [-0.4, -0.2) is 36.4 Å². The third-order valence-electron chi connectivity index (χ3n) is 2.04. The summed E-state index contributed by atoms with van der Waals surface area (Å²) >= 11 is 0. The number of carbonyl (C=O) groups excluding carboxylic acids is 1. The maximum Gasteiger partial charge on any atom is 0.244 e. The van der Waals surface area contributed by atoms with Crippen LogP contribution in [0.25, 0.3) is 6.08 Å². The van der Waals surface area contributed by atoms with E-state index in [-0.39, 0.29) is 24.8 Å². The number of aliphatic hydroxyl groups excluding tert-OH is 1. The van der Waals surface area contributed by atoms with Crippen LogP contribution in [0.3, 0.4) is 0 Å². The van der Waals surface area contributed by atoms with Gasteiger partial charge in [-0.15, -0.1) is 0 Å². The predicted molar refractivity (Wildman–Crippen MR) is 63.8 cm³/mol. The Morgan fingerprint density at radius 1 is 1.53 bits per heavy atom. The highest BCUT2D eigenvalue weighted by molar-refractivity contribution is 5.91. The van der Waals surface area contributed by atoms with Gasteiger partial charge in [0.1, 0.15) is 0 Å². The molecule has 0 spiro atoms. The molecular formula is C12H15NO4. The second-order valence-electron chi connectivity index (χ2n) is 3.28. The van der Waals surface area contributed by atoms with E-state index in [1.807, 2.05) is 0 Å². The molecule has 0 fully saturated rings. The van der Waals surface area contributed by atoms with Crippen molar-refractivity contribution in [3.8, 4) is 11.5 Å². The largest absolute Gasteiger partial charge is 0.504 e. The van der Waals surface area contributed by atoms with Crippen LogP contribution in [-0.2, 0) is 4.79 Å². The summed E-state index contributed by atoms with van der Waals surface area (Å²) in [5.74, 6) is 0.114. The van der Waals surface area contributed by atoms with Crippen LogP contribution in [0.15, 0.2) is 24.3 Å². The highest BCUT2D eigenvalue weighted by Crippen LogP contribution is 2.26. The average Bonchev–Trinajstić information content (AvgIpc) is 2.35. The van der Waals surface area contributed by atoms with Gasteiger partial charge in [0.05, 0.1) is 13.7 Å². The Labute approximate surface area is 99.3 Å². The molecule has 1 aromatic carbocycles. The molecule has 0 saturated carbocycles. The molecule has 1 aromatic rings. The van der Waals surface area contributed by atoms with Gasteiger partial charge in [0.15, 0.2) is 11.5 Å². The van der Waals surface area contributed by atoms with Gasteiger partial charge in [0.25, 0.3) is 0 Å². The Kier molecular flexibility index (Phi) is 5.03. The summed E-state index contributed by atoms with van der Waals surface area (Å²) in [5.41, 5.74) is 0.735. The van der Waals surface area contributed by atoms with Gasteiger partial charge in [0.2, 0.25) is 5.91 Å². The number of amides is 1. The van der Waals surface area contributed by atoms with Crippen LogP contribution in [0.5, 0.6) is 11.5 Å². The van der Waals surface area contributed by atoms with Crippen LogP contribution in [0.1, 0.15) is 5.56 Å². The minimum Gasteiger partial charge on any atom is -0.504 e. The van der Waals surface area contributed by atoms with E-state index in [1.165, 1.54) is 19.3 Å². The van der Waals surface area contributed by atoms with Gasteiger partial charge in [-0.05, 0) is 23.8 Å². The summed E-state index contributed by atoms with van der Waals surface area (Å²) in [6.07, 6.45) is 2.94. The Bertz CT molecular complexity index is 415. The van der Waals surface area contributed by atoms with Crippen molar-refractivity contribution >= 4 is 12.0 Å². The molecule has 0 aliphatic carbocycles. The smallest absolute Gasteiger partial charge is 0.244 e. The van der Waals surface area contributed by atoms with Crippen LogP contribution < -0.4 is 10.1 Å². The number of carbonyl (C=O) groups is 1. The lowest BCUT2D eigenvalue weighted by atomic mass is 10.2. The summed E-state index contributed by atoms with van der Waals surface area (Å²) in [5, 5.41) is 20.4. The summed E-state index contributed by atoms with van der Waals surface area (Å²) in [7, 11) is 1.45. The van der Waals surface area contributed by atoms with E-state index in [0.29, 0.717) is 5.75 Å². The first kappa shape index (κ1) is 13.1. The number of rotatable bonds is 5. The fourth-order valence-electron chi connectivity index (χ4n) is 1.21. The van der Waals surface area contributed by atoms with Crippen molar-refractivity contribution in [3.05, 3.63) is 29.8 Å². The average molecular weight is 237 g/mol. The molecule has 5 heteroatoms. The van der Waals surface area contributed by atoms with Crippen LogP contribution >= 0.6 is 0 Å². The molecule has 0 bridgehead atoms. The molecule has 17 heavy (non-hydrogen) atoms. The first-order chi connectivity index (χ1) is 8.17. The molecular weight excluding hydrogens is 222 g/mol. The Hall–Kier alpha value is -2.01. The topological polar surface area (TPSA) is 78.8 Å². The van der Waals surface area contributed by atoms with Crippen molar-refractivity contribution in [2.24, 2.45) is 0 Å². The van der Waals surface area contributed by atoms with Crippen molar-refractivity contribution in [1.82, 2.24) is 5.32 Å². The fraction of sp³-hybridized carbons (Fsp3) is 0.250. The zero-order valence-electron chi connectivity index (χ0n) is 9.51. The quantitative estimate of drug-likeness (QED) is 0.652. The van der Waals surface area contributed by atoms with Crippen molar-refractivity contribution in [2.45, 2.75) is 0 Å². The minimum absolute atomic E-state index is 0.0504. The fourth-order valence-corrected chi connectivity index (χ4v) is 1.21. The number of aromatic hydroxyl groups is 1. The monoisotopic (exact) mass is 237 g/mol. The standard InChI is InChI=1S/C12H15NO4/c1-17-11-8-9(2-4-10(11)15)3-5-12(16)13-6-7-14/h2-5,8,14-15H,6-7H2,1H3,(H,13,16)/b5-3-. The van der Waals surface area contributed by atoms with Gasteiger partial charge < -0.3 is 20.3 Å². The van der Waals surface area contributed by atoms with Crippen molar-refractivity contribution in [3.63, 3.8) is 0 Å². The first-order valence-corrected chi connectivity index (χ1v) is 5.11. The van der Waals surface area contributed by atoms with Crippen molar-refractivity contribution in [1.29, 1.82) is 0 Å². The molecule has 0 radical (unpaired) electrons. The maximum atomic E-state index is 11.2. The molecule has 0 saturated heterocycles. The molecule has 1 rings (SSSR count). The van der Waals surface area contributed by atoms with Crippen LogP contribution in [0, 0.1) is 0 Å². The first-order valence-electron chi connectivity index (χ1n) is 5.11. The van der Waals surface area contributed by atoms with E-state index in [4.69, 9.17) is 9.84 Å². The number of phenols is 1. The second kappa shape index (κ2) is 6.55. The molecule has 1 amide bonds. The van der Waals surface area contributed by atoms with E-state index in [0.717, 1.165) is 5.56 Å². The van der Waals surface area contributed by atoms with E-state index >= 15 is 0 Å². The zero-order chi connectivity index (χ0) is 12.7. The Balaban J connectivity index is 2.68. The maximum absolute atomic E-state index is 11.2. The summed E-state index contributed by atoms with van der Waals surface area (Å²) in [4.78, 5) is 11.2. The van der Waals surface area contributed by atoms with Gasteiger partial charge in [-0.3, -0.25) is 4.79 Å². The normalized spacial score (nSPS) is 10.5. The van der Waals surface area contributed by atoms with Gasteiger partial charge in [-0.25, -0.2) is 0 Å². The summed E-state index contributed by atoms with van der Waals surface area (Å²) in [6.45, 7) is 0.134. The summed E-state index contributed by atoms with van der Waals surface area (Å²) in [6, 6.07) is 4.77. The predicted octanol–water partition coefficient (Wildman–Crippen LogP) is 0.522. The molecule has 5 nitrogen and oxygen atoms in total. The zero-order valence-corrected chi connectivity index (χ0v) is 9.51. The number of nitrogens with one attached hydrogen (secondary N) is 1. The highest BCUT2D eigenvalue weighted by atomic mass is 16.5. The van der Waals surface area contributed by atoms with E-state index in [9.17, 15) is 9.90 Å². The van der Waals surface area contributed by atoms with Gasteiger partial charge in [-0.1, -0.05) is 6.07 Å². The number of hydrogen-bond acceptors (Lipinski definition) is 4. The highest BCUT2D eigenvalue weighted by Gasteiger charge is 2.00. The van der Waals surface area contributed by atoms with Crippen LogP contribution in [0.4, 0.5) is 0 Å². The molecule has 3 N–H and O–H groups in total. The number of benzene rings is 1. The molecule has 0 aliphatic heterocycles. The SMILES string of the molecule is COc1cc(/C=C\C(=O)NCCO)ccc1O. The lowest BCUT2D eigenvalue weighted by Crippen LogP contribution is -2.24. The van der Waals surface area contributed by atoms with Crippen molar-refractivity contribution < 1.29 is 19.7 Å². The van der Waals surface area contributed by atoms with Gasteiger partial charge in [0, 0.05) is 12.6 Å². The molecule has 0 aliphatic rings. The van der Waals surface area contributed by atoms with E-state index < -0.39 is 0 Å². The number of aliphatic hydroxyl groups is 1. The number of ether oxygens (including phenoxy) is 1. The molecule has 0 aromatic heterocycles. The van der Waals surface area contributed by atoms with Crippen LogP contribution in [0.2, 0.25) is 0 Å². The Morgan fingerprint density at radius 3 is 2.94 bits per heavy atom. The third-order valence-corrected chi connectivity index (χ3v) is 2.04. The van der Waals surface area contributed by atoms with E-state index in [1.54, 1.807) is 18.2 Å². The lowest BCUT2D eigenvalue weighted by Gasteiger charge is -2.03. The lowest BCUT2D eigenvalue weighted by molar-refractivity contribution is -0.116. The molecule has 0 atom stereocenters. The molecule has 0 unspecified atom stereocenters. The van der Waals surface area contributed by atoms with Gasteiger partial charge >= 0.3 is 0 Å². The summed E-state index contributed by atoms with van der Waals surface area (Å²) < 4.78 is 4.94. The van der Waals surface area contributed by atoms with Gasteiger partial charge in [-0.2, -0.15) is 0 Å². The minimum atomic E-state index is -0.286. The second-order valence-corrected chi connectivity index (χ2v) is 3.28. The number of phenolic OH excluding ortho intramolecular Hbond substituents is 1. The van der Waals surface area contributed by atoms with Crippen molar-refractivity contribution in [2.75, 3.05) is 20.3 Å².